The molecule has 0 aliphatic heterocycles. The number of aryl methyl sites for hydroxylation is 1. The molecule has 0 saturated carbocycles. The zero-order valence-electron chi connectivity index (χ0n) is 15.8. The number of halogens is 1. The highest BCUT2D eigenvalue weighted by molar-refractivity contribution is 7.89. The van der Waals surface area contributed by atoms with E-state index in [4.69, 9.17) is 16.3 Å². The van der Waals surface area contributed by atoms with Gasteiger partial charge in [-0.25, -0.2) is 8.42 Å². The topological polar surface area (TPSA) is 122 Å². The summed E-state index contributed by atoms with van der Waals surface area (Å²) in [5.41, 5.74) is 1.54. The third kappa shape index (κ3) is 6.82. The molecule has 29 heavy (non-hydrogen) atoms. The Balaban J connectivity index is 1.99. The molecule has 0 heterocycles. The summed E-state index contributed by atoms with van der Waals surface area (Å²) in [6.45, 7) is 2.48. The molecule has 156 valence electrons. The predicted octanol–water partition coefficient (Wildman–Crippen LogP) is 1.86. The molecule has 0 aliphatic carbocycles. The lowest BCUT2D eigenvalue weighted by Gasteiger charge is -2.20. The summed E-state index contributed by atoms with van der Waals surface area (Å²) in [6.07, 6.45) is -1.40. The first-order valence-electron chi connectivity index (χ1n) is 8.57. The van der Waals surface area contributed by atoms with Gasteiger partial charge in [0.2, 0.25) is 10.0 Å². The average molecular weight is 441 g/mol. The number of aliphatic hydroxyl groups excluding tert-OH is 1. The van der Waals surface area contributed by atoms with E-state index in [2.05, 4.69) is 10.0 Å². The minimum atomic E-state index is -4.13. The largest absolute Gasteiger partial charge is 0.454 e. The van der Waals surface area contributed by atoms with E-state index in [9.17, 15) is 23.1 Å². The number of amides is 1. The molecule has 0 saturated heterocycles. The Morgan fingerprint density at radius 2 is 1.69 bits per heavy atom. The third-order valence-corrected chi connectivity index (χ3v) is 5.53. The first-order valence-corrected chi connectivity index (χ1v) is 10.4. The molecule has 2 atom stereocenters. The van der Waals surface area contributed by atoms with Crippen LogP contribution in [0.1, 0.15) is 12.5 Å². The van der Waals surface area contributed by atoms with Crippen molar-refractivity contribution < 1.29 is 27.9 Å². The number of nitrogens with one attached hydrogen (secondary N) is 2. The van der Waals surface area contributed by atoms with Crippen molar-refractivity contribution in [2.24, 2.45) is 0 Å². The molecule has 1 amide bonds. The number of hydrogen-bond donors (Lipinski definition) is 3. The van der Waals surface area contributed by atoms with Gasteiger partial charge in [-0.1, -0.05) is 29.3 Å². The molecule has 10 heteroatoms. The van der Waals surface area contributed by atoms with Crippen molar-refractivity contribution in [3.05, 3.63) is 59.1 Å². The zero-order valence-corrected chi connectivity index (χ0v) is 17.3. The normalized spacial score (nSPS) is 13.4. The van der Waals surface area contributed by atoms with Gasteiger partial charge in [-0.3, -0.25) is 9.59 Å². The minimum Gasteiger partial charge on any atom is -0.454 e. The zero-order chi connectivity index (χ0) is 21.6. The Kier molecular flexibility index (Phi) is 7.74. The van der Waals surface area contributed by atoms with Crippen LogP contribution in [0, 0.1) is 6.92 Å². The lowest BCUT2D eigenvalue weighted by molar-refractivity contribution is -0.151. The number of benzene rings is 2. The van der Waals surface area contributed by atoms with Gasteiger partial charge in [-0.05, 0) is 50.2 Å². The van der Waals surface area contributed by atoms with E-state index in [0.717, 1.165) is 5.56 Å². The lowest BCUT2D eigenvalue weighted by atomic mass is 10.2. The molecule has 2 rings (SSSR count). The van der Waals surface area contributed by atoms with Gasteiger partial charge < -0.3 is 15.2 Å². The lowest BCUT2D eigenvalue weighted by Crippen LogP contribution is -2.48. The van der Waals surface area contributed by atoms with Crippen LogP contribution in [0.25, 0.3) is 0 Å². The van der Waals surface area contributed by atoms with E-state index in [-0.39, 0.29) is 4.90 Å². The molecular weight excluding hydrogens is 420 g/mol. The molecule has 3 N–H and O–H groups in total. The summed E-state index contributed by atoms with van der Waals surface area (Å²) < 4.78 is 31.8. The fourth-order valence-electron chi connectivity index (χ4n) is 2.25. The summed E-state index contributed by atoms with van der Waals surface area (Å²) >= 11 is 5.74. The highest BCUT2D eigenvalue weighted by atomic mass is 35.5. The van der Waals surface area contributed by atoms with Crippen molar-refractivity contribution in [1.82, 2.24) is 4.72 Å². The van der Waals surface area contributed by atoms with Gasteiger partial charge in [0.1, 0.15) is 6.04 Å². The van der Waals surface area contributed by atoms with Crippen LogP contribution in [-0.2, 0) is 24.3 Å². The molecule has 0 spiro atoms. The number of aliphatic hydroxyl groups is 1. The molecule has 2 aromatic rings. The molecule has 8 nitrogen and oxygen atoms in total. The second kappa shape index (κ2) is 9.84. The van der Waals surface area contributed by atoms with Crippen molar-refractivity contribution in [2.45, 2.75) is 30.9 Å². The molecular formula is C19H21ClN2O6S. The SMILES string of the molecule is Cc1ccc(NC(=O)COC(=O)[C@@H](NS(=O)(=O)c2ccc(Cl)cc2)[C@H](C)O)cc1. The molecule has 2 aromatic carbocycles. The number of hydrogen-bond acceptors (Lipinski definition) is 6. The fourth-order valence-corrected chi connectivity index (χ4v) is 3.64. The Labute approximate surface area is 173 Å². The molecule has 0 radical (unpaired) electrons. The Morgan fingerprint density at radius 3 is 2.24 bits per heavy atom. The summed E-state index contributed by atoms with van der Waals surface area (Å²) in [7, 11) is -4.13. The van der Waals surface area contributed by atoms with Gasteiger partial charge in [-0.15, -0.1) is 0 Å². The van der Waals surface area contributed by atoms with E-state index in [0.29, 0.717) is 10.7 Å². The standard InChI is InChI=1S/C19H21ClN2O6S/c1-12-3-7-15(8-4-12)21-17(24)11-28-19(25)18(13(2)23)22-29(26,27)16-9-5-14(20)6-10-16/h3-10,13,18,22-23H,11H2,1-2H3,(H,21,24)/t13-,18-/m0/s1. The van der Waals surface area contributed by atoms with Gasteiger partial charge in [0.05, 0.1) is 11.0 Å². The van der Waals surface area contributed by atoms with E-state index < -0.39 is 40.7 Å². The van der Waals surface area contributed by atoms with Gasteiger partial charge >= 0.3 is 5.97 Å². The molecule has 0 bridgehead atoms. The Morgan fingerprint density at radius 1 is 1.10 bits per heavy atom. The Hall–Kier alpha value is -2.46. The number of ether oxygens (including phenoxy) is 1. The van der Waals surface area contributed by atoms with Crippen molar-refractivity contribution in [2.75, 3.05) is 11.9 Å². The van der Waals surface area contributed by atoms with Gasteiger partial charge in [0.25, 0.3) is 5.91 Å². The van der Waals surface area contributed by atoms with Crippen LogP contribution in [-0.4, -0.2) is 44.2 Å². The predicted molar refractivity (Wildman–Crippen MR) is 108 cm³/mol. The second-order valence-electron chi connectivity index (χ2n) is 6.32. The monoisotopic (exact) mass is 440 g/mol. The quantitative estimate of drug-likeness (QED) is 0.538. The van der Waals surface area contributed by atoms with Crippen molar-refractivity contribution in [1.29, 1.82) is 0 Å². The van der Waals surface area contributed by atoms with Gasteiger partial charge in [0.15, 0.2) is 6.61 Å². The highest BCUT2D eigenvalue weighted by Crippen LogP contribution is 2.15. The fraction of sp³-hybridized carbons (Fsp3) is 0.263. The van der Waals surface area contributed by atoms with Crippen LogP contribution in [0.3, 0.4) is 0 Å². The van der Waals surface area contributed by atoms with E-state index in [1.807, 2.05) is 6.92 Å². The van der Waals surface area contributed by atoms with E-state index >= 15 is 0 Å². The average Bonchev–Trinajstić information content (AvgIpc) is 2.66. The van der Waals surface area contributed by atoms with Crippen LogP contribution in [0.4, 0.5) is 5.69 Å². The van der Waals surface area contributed by atoms with Crippen LogP contribution in [0.15, 0.2) is 53.4 Å². The molecule has 0 unspecified atom stereocenters. The summed E-state index contributed by atoms with van der Waals surface area (Å²) in [4.78, 5) is 24.0. The minimum absolute atomic E-state index is 0.141. The highest BCUT2D eigenvalue weighted by Gasteiger charge is 2.31. The molecule has 0 fully saturated rings. The van der Waals surface area contributed by atoms with Gasteiger partial charge in [0, 0.05) is 10.7 Å². The van der Waals surface area contributed by atoms with E-state index in [1.165, 1.54) is 31.2 Å². The van der Waals surface area contributed by atoms with Crippen LogP contribution in [0.2, 0.25) is 5.02 Å². The van der Waals surface area contributed by atoms with Crippen LogP contribution < -0.4 is 10.0 Å². The first-order chi connectivity index (χ1) is 13.6. The van der Waals surface area contributed by atoms with Crippen LogP contribution in [0.5, 0.6) is 0 Å². The third-order valence-electron chi connectivity index (χ3n) is 3.82. The number of rotatable bonds is 8. The smallest absolute Gasteiger partial charge is 0.327 e. The number of sulfonamides is 1. The van der Waals surface area contributed by atoms with Crippen molar-refractivity contribution in [3.63, 3.8) is 0 Å². The van der Waals surface area contributed by atoms with E-state index in [1.54, 1.807) is 24.3 Å². The number of anilines is 1. The van der Waals surface area contributed by atoms with Crippen molar-refractivity contribution in [3.8, 4) is 0 Å². The van der Waals surface area contributed by atoms with Gasteiger partial charge in [-0.2, -0.15) is 4.72 Å². The number of esters is 1. The second-order valence-corrected chi connectivity index (χ2v) is 8.47. The molecule has 0 aliphatic rings. The first kappa shape index (κ1) is 22.8. The summed E-state index contributed by atoms with van der Waals surface area (Å²) in [6, 6.07) is 10.6. The maximum atomic E-state index is 12.4. The summed E-state index contributed by atoms with van der Waals surface area (Å²) in [5.74, 6) is -1.69. The Bertz CT molecular complexity index is 959. The number of carbonyl (C=O) groups excluding carboxylic acids is 2. The number of carbonyl (C=O) groups is 2. The maximum Gasteiger partial charge on any atom is 0.327 e. The summed E-state index contributed by atoms with van der Waals surface area (Å²) in [5, 5.41) is 12.7. The van der Waals surface area contributed by atoms with Crippen molar-refractivity contribution >= 4 is 39.2 Å². The maximum absolute atomic E-state index is 12.4. The van der Waals surface area contributed by atoms with Crippen LogP contribution >= 0.6 is 11.6 Å². The molecule has 0 aromatic heterocycles.